The first-order valence-electron chi connectivity index (χ1n) is 7.14. The number of thiophene rings is 1. The minimum Gasteiger partial charge on any atom is -0.381 e. The van der Waals surface area contributed by atoms with Crippen LogP contribution in [0.5, 0.6) is 0 Å². The minimum atomic E-state index is 0.667. The van der Waals surface area contributed by atoms with Gasteiger partial charge in [-0.1, -0.05) is 40.0 Å². The molecule has 0 spiro atoms. The van der Waals surface area contributed by atoms with Crippen LogP contribution in [-0.2, 0) is 6.42 Å². The predicted octanol–water partition coefficient (Wildman–Crippen LogP) is 5.47. The SMILES string of the molecule is CCCCc1sccc1NC(CCC)CCC. The molecule has 0 amide bonds. The molecule has 0 radical (unpaired) electrons. The molecule has 1 nitrogen and oxygen atoms in total. The Bertz CT molecular complexity index is 287. The Morgan fingerprint density at radius 1 is 1.12 bits per heavy atom. The van der Waals surface area contributed by atoms with Gasteiger partial charge in [-0.25, -0.2) is 0 Å². The molecule has 1 aromatic heterocycles. The molecule has 2 heteroatoms. The van der Waals surface area contributed by atoms with Crippen molar-refractivity contribution in [1.29, 1.82) is 0 Å². The summed E-state index contributed by atoms with van der Waals surface area (Å²) in [5.74, 6) is 0. The predicted molar refractivity (Wildman–Crippen MR) is 80.2 cm³/mol. The largest absolute Gasteiger partial charge is 0.381 e. The zero-order valence-electron chi connectivity index (χ0n) is 11.6. The molecule has 1 heterocycles. The van der Waals surface area contributed by atoms with Crippen LogP contribution in [0.1, 0.15) is 64.2 Å². The standard InChI is InChI=1S/C15H27NS/c1-4-7-10-15-14(11-12-17-15)16-13(8-5-2)9-6-3/h11-13,16H,4-10H2,1-3H3. The maximum atomic E-state index is 3.75. The van der Waals surface area contributed by atoms with Gasteiger partial charge in [-0.05, 0) is 37.1 Å². The van der Waals surface area contributed by atoms with Gasteiger partial charge >= 0.3 is 0 Å². The quantitative estimate of drug-likeness (QED) is 0.615. The Labute approximate surface area is 111 Å². The fraction of sp³-hybridized carbons (Fsp3) is 0.733. The Morgan fingerprint density at radius 2 is 1.82 bits per heavy atom. The maximum absolute atomic E-state index is 3.75. The van der Waals surface area contributed by atoms with E-state index in [0.29, 0.717) is 6.04 Å². The number of hydrogen-bond acceptors (Lipinski definition) is 2. The van der Waals surface area contributed by atoms with Gasteiger partial charge in [-0.3, -0.25) is 0 Å². The van der Waals surface area contributed by atoms with Gasteiger partial charge in [0, 0.05) is 16.6 Å². The number of hydrogen-bond donors (Lipinski definition) is 1. The first kappa shape index (κ1) is 14.6. The van der Waals surface area contributed by atoms with Crippen molar-refractivity contribution in [1.82, 2.24) is 0 Å². The lowest BCUT2D eigenvalue weighted by molar-refractivity contribution is 0.586. The Hall–Kier alpha value is -0.500. The van der Waals surface area contributed by atoms with Crippen molar-refractivity contribution in [3.63, 3.8) is 0 Å². The van der Waals surface area contributed by atoms with E-state index >= 15 is 0 Å². The van der Waals surface area contributed by atoms with Crippen molar-refractivity contribution >= 4 is 17.0 Å². The van der Waals surface area contributed by atoms with Gasteiger partial charge in [0.25, 0.3) is 0 Å². The summed E-state index contributed by atoms with van der Waals surface area (Å²) in [6.07, 6.45) is 8.94. The molecule has 0 aliphatic carbocycles. The van der Waals surface area contributed by atoms with Crippen LogP contribution in [0, 0.1) is 0 Å². The number of nitrogens with one attached hydrogen (secondary N) is 1. The lowest BCUT2D eigenvalue weighted by Gasteiger charge is -2.19. The monoisotopic (exact) mass is 253 g/mol. The van der Waals surface area contributed by atoms with E-state index in [-0.39, 0.29) is 0 Å². The zero-order valence-corrected chi connectivity index (χ0v) is 12.4. The molecular formula is C15H27NS. The normalized spacial score (nSPS) is 11.1. The fourth-order valence-corrected chi connectivity index (χ4v) is 3.09. The summed E-state index contributed by atoms with van der Waals surface area (Å²) in [5, 5.41) is 5.97. The van der Waals surface area contributed by atoms with Gasteiger partial charge in [0.15, 0.2) is 0 Å². The lowest BCUT2D eigenvalue weighted by Crippen LogP contribution is -2.19. The second kappa shape index (κ2) is 8.57. The summed E-state index contributed by atoms with van der Waals surface area (Å²) >= 11 is 1.91. The van der Waals surface area contributed by atoms with Crippen LogP contribution in [-0.4, -0.2) is 6.04 Å². The molecule has 0 unspecified atom stereocenters. The van der Waals surface area contributed by atoms with Crippen molar-refractivity contribution in [3.05, 3.63) is 16.3 Å². The highest BCUT2D eigenvalue weighted by Crippen LogP contribution is 2.26. The number of anilines is 1. The van der Waals surface area contributed by atoms with Crippen LogP contribution in [0.2, 0.25) is 0 Å². The molecule has 0 atom stereocenters. The van der Waals surface area contributed by atoms with E-state index in [4.69, 9.17) is 0 Å². The molecule has 0 aromatic carbocycles. The van der Waals surface area contributed by atoms with Gasteiger partial charge in [-0.2, -0.15) is 0 Å². The van der Waals surface area contributed by atoms with E-state index in [0.717, 1.165) is 0 Å². The summed E-state index contributed by atoms with van der Waals surface area (Å²) in [6.45, 7) is 6.81. The molecule has 1 N–H and O–H groups in total. The van der Waals surface area contributed by atoms with Gasteiger partial charge < -0.3 is 5.32 Å². The zero-order chi connectivity index (χ0) is 12.5. The summed E-state index contributed by atoms with van der Waals surface area (Å²) in [4.78, 5) is 1.55. The molecule has 98 valence electrons. The van der Waals surface area contributed by atoms with E-state index in [2.05, 4.69) is 37.5 Å². The van der Waals surface area contributed by atoms with E-state index in [9.17, 15) is 0 Å². The Kier molecular flexibility index (Phi) is 7.34. The van der Waals surface area contributed by atoms with E-state index < -0.39 is 0 Å². The third-order valence-electron chi connectivity index (χ3n) is 3.14. The van der Waals surface area contributed by atoms with E-state index in [1.165, 1.54) is 50.6 Å². The van der Waals surface area contributed by atoms with Gasteiger partial charge in [0.2, 0.25) is 0 Å². The minimum absolute atomic E-state index is 0.667. The van der Waals surface area contributed by atoms with Crippen LogP contribution < -0.4 is 5.32 Å². The summed E-state index contributed by atoms with van der Waals surface area (Å²) in [7, 11) is 0. The van der Waals surface area contributed by atoms with Crippen molar-refractivity contribution in [3.8, 4) is 0 Å². The third kappa shape index (κ3) is 5.12. The van der Waals surface area contributed by atoms with Crippen molar-refractivity contribution in [2.45, 2.75) is 71.8 Å². The molecule has 0 bridgehead atoms. The van der Waals surface area contributed by atoms with Crippen LogP contribution >= 0.6 is 11.3 Å². The number of aryl methyl sites for hydroxylation is 1. The average molecular weight is 253 g/mol. The van der Waals surface area contributed by atoms with Crippen LogP contribution in [0.4, 0.5) is 5.69 Å². The molecule has 0 saturated carbocycles. The molecule has 0 aliphatic heterocycles. The first-order chi connectivity index (χ1) is 8.31. The average Bonchev–Trinajstić information content (AvgIpc) is 2.74. The van der Waals surface area contributed by atoms with Crippen LogP contribution in [0.15, 0.2) is 11.4 Å². The highest BCUT2D eigenvalue weighted by molar-refractivity contribution is 7.10. The molecule has 1 aromatic rings. The topological polar surface area (TPSA) is 12.0 Å². The maximum Gasteiger partial charge on any atom is 0.0483 e. The van der Waals surface area contributed by atoms with E-state index in [1.54, 1.807) is 4.88 Å². The molecular weight excluding hydrogens is 226 g/mol. The second-order valence-corrected chi connectivity index (χ2v) is 5.78. The molecule has 0 fully saturated rings. The molecule has 1 rings (SSSR count). The van der Waals surface area contributed by atoms with E-state index in [1.807, 2.05) is 11.3 Å². The smallest absolute Gasteiger partial charge is 0.0483 e. The number of rotatable bonds is 9. The lowest BCUT2D eigenvalue weighted by atomic mass is 10.1. The van der Waals surface area contributed by atoms with Crippen LogP contribution in [0.25, 0.3) is 0 Å². The van der Waals surface area contributed by atoms with Crippen LogP contribution in [0.3, 0.4) is 0 Å². The van der Waals surface area contributed by atoms with Crippen molar-refractivity contribution in [2.75, 3.05) is 5.32 Å². The molecule has 0 aliphatic rings. The molecule has 17 heavy (non-hydrogen) atoms. The van der Waals surface area contributed by atoms with Crippen molar-refractivity contribution in [2.24, 2.45) is 0 Å². The summed E-state index contributed by atoms with van der Waals surface area (Å²) in [6, 6.07) is 2.92. The Morgan fingerprint density at radius 3 is 2.41 bits per heavy atom. The fourth-order valence-electron chi connectivity index (χ4n) is 2.21. The summed E-state index contributed by atoms with van der Waals surface area (Å²) < 4.78 is 0. The van der Waals surface area contributed by atoms with Crippen molar-refractivity contribution < 1.29 is 0 Å². The van der Waals surface area contributed by atoms with Gasteiger partial charge in [-0.15, -0.1) is 11.3 Å². The highest BCUT2D eigenvalue weighted by atomic mass is 32.1. The molecule has 0 saturated heterocycles. The summed E-state index contributed by atoms with van der Waals surface area (Å²) in [5.41, 5.74) is 1.40. The Balaban J connectivity index is 2.55. The van der Waals surface area contributed by atoms with Gasteiger partial charge in [0.1, 0.15) is 0 Å². The number of unbranched alkanes of at least 4 members (excludes halogenated alkanes) is 1. The highest BCUT2D eigenvalue weighted by Gasteiger charge is 2.10. The third-order valence-corrected chi connectivity index (χ3v) is 4.12. The second-order valence-electron chi connectivity index (χ2n) is 4.78. The first-order valence-corrected chi connectivity index (χ1v) is 8.02. The van der Waals surface area contributed by atoms with Gasteiger partial charge in [0.05, 0.1) is 0 Å².